The largest absolute Gasteiger partial charge is 0.454 e. The molecule has 7 heteroatoms. The van der Waals surface area contributed by atoms with Gasteiger partial charge in [-0.1, -0.05) is 17.7 Å². The number of halogens is 1. The van der Waals surface area contributed by atoms with E-state index >= 15 is 0 Å². The number of nitrogens with one attached hydrogen (secondary N) is 1. The lowest BCUT2D eigenvalue weighted by Gasteiger charge is -2.15. The molecule has 0 saturated heterocycles. The second-order valence-corrected chi connectivity index (χ2v) is 7.55. The molecule has 0 saturated carbocycles. The average Bonchev–Trinajstić information content (AvgIpc) is 3.28. The van der Waals surface area contributed by atoms with Gasteiger partial charge in [0.15, 0.2) is 11.5 Å². The van der Waals surface area contributed by atoms with Crippen LogP contribution in [0, 0.1) is 13.8 Å². The molecule has 0 radical (unpaired) electrons. The van der Waals surface area contributed by atoms with Gasteiger partial charge in [0.1, 0.15) is 0 Å². The van der Waals surface area contributed by atoms with Crippen molar-refractivity contribution in [3.8, 4) is 17.2 Å². The van der Waals surface area contributed by atoms with Gasteiger partial charge in [0.05, 0.1) is 23.8 Å². The van der Waals surface area contributed by atoms with Crippen LogP contribution in [0.25, 0.3) is 5.69 Å². The predicted octanol–water partition coefficient (Wildman–Crippen LogP) is 4.29. The van der Waals surface area contributed by atoms with E-state index in [9.17, 15) is 4.79 Å². The minimum Gasteiger partial charge on any atom is -0.454 e. The van der Waals surface area contributed by atoms with Crippen LogP contribution in [-0.2, 0) is 11.2 Å². The summed E-state index contributed by atoms with van der Waals surface area (Å²) in [6.07, 6.45) is 0.264. The van der Waals surface area contributed by atoms with Gasteiger partial charge < -0.3 is 14.8 Å². The van der Waals surface area contributed by atoms with Gasteiger partial charge in [0, 0.05) is 16.3 Å². The van der Waals surface area contributed by atoms with E-state index in [0.717, 1.165) is 34.0 Å². The van der Waals surface area contributed by atoms with Crippen LogP contribution >= 0.6 is 11.6 Å². The van der Waals surface area contributed by atoms with Crippen molar-refractivity contribution >= 4 is 17.5 Å². The molecule has 1 amide bonds. The van der Waals surface area contributed by atoms with Gasteiger partial charge >= 0.3 is 0 Å². The molecule has 150 valence electrons. The van der Waals surface area contributed by atoms with Crippen LogP contribution in [0.5, 0.6) is 11.5 Å². The van der Waals surface area contributed by atoms with Gasteiger partial charge in [-0.25, -0.2) is 4.68 Å². The second-order valence-electron chi connectivity index (χ2n) is 7.12. The smallest absolute Gasteiger partial charge is 0.231 e. The number of benzene rings is 2. The highest BCUT2D eigenvalue weighted by molar-refractivity contribution is 6.30. The molecule has 0 bridgehead atoms. The van der Waals surface area contributed by atoms with Crippen molar-refractivity contribution in [1.82, 2.24) is 15.1 Å². The summed E-state index contributed by atoms with van der Waals surface area (Å²) in [4.78, 5) is 12.7. The predicted molar refractivity (Wildman–Crippen MR) is 111 cm³/mol. The molecule has 4 rings (SSSR count). The third-order valence-corrected chi connectivity index (χ3v) is 5.38. The zero-order valence-corrected chi connectivity index (χ0v) is 17.3. The minimum atomic E-state index is -0.149. The number of hydrogen-bond donors (Lipinski definition) is 1. The number of aromatic nitrogens is 2. The van der Waals surface area contributed by atoms with Gasteiger partial charge in [-0.2, -0.15) is 5.10 Å². The van der Waals surface area contributed by atoms with Crippen LogP contribution in [0.15, 0.2) is 42.5 Å². The fraction of sp³-hybridized carbons (Fsp3) is 0.273. The lowest BCUT2D eigenvalue weighted by atomic mass is 10.1. The number of amides is 1. The standard InChI is InChI=1S/C22H22ClN3O3/c1-13(16-4-9-20-21(10-16)29-12-28-20)24-22(27)11-19-14(2)25-26(15(19)3)18-7-5-17(23)6-8-18/h4-10,13H,11-12H2,1-3H3,(H,24,27). The van der Waals surface area contributed by atoms with Gasteiger partial charge in [0.2, 0.25) is 12.7 Å². The number of fused-ring (bicyclic) bond motifs is 1. The van der Waals surface area contributed by atoms with Crippen molar-refractivity contribution in [2.24, 2.45) is 0 Å². The summed E-state index contributed by atoms with van der Waals surface area (Å²) in [5.41, 5.74) is 4.58. The highest BCUT2D eigenvalue weighted by Crippen LogP contribution is 2.34. The molecule has 1 N–H and O–H groups in total. The van der Waals surface area contributed by atoms with Crippen molar-refractivity contribution in [3.63, 3.8) is 0 Å². The van der Waals surface area contributed by atoms with E-state index in [1.165, 1.54) is 0 Å². The average molecular weight is 412 g/mol. The molecule has 1 aromatic heterocycles. The van der Waals surface area contributed by atoms with E-state index in [2.05, 4.69) is 10.4 Å². The third-order valence-electron chi connectivity index (χ3n) is 5.12. The molecule has 1 aliphatic rings. The number of carbonyl (C=O) groups is 1. The lowest BCUT2D eigenvalue weighted by Crippen LogP contribution is -2.28. The van der Waals surface area contributed by atoms with E-state index < -0.39 is 0 Å². The van der Waals surface area contributed by atoms with Gasteiger partial charge in [-0.15, -0.1) is 0 Å². The summed E-state index contributed by atoms with van der Waals surface area (Å²) in [6.45, 7) is 6.07. The monoisotopic (exact) mass is 411 g/mol. The lowest BCUT2D eigenvalue weighted by molar-refractivity contribution is -0.121. The van der Waals surface area contributed by atoms with Crippen molar-refractivity contribution in [2.75, 3.05) is 6.79 Å². The Kier molecular flexibility index (Phi) is 5.20. The van der Waals surface area contributed by atoms with Crippen LogP contribution < -0.4 is 14.8 Å². The molecular formula is C22H22ClN3O3. The highest BCUT2D eigenvalue weighted by atomic mass is 35.5. The first-order valence-corrected chi connectivity index (χ1v) is 9.80. The summed E-state index contributed by atoms with van der Waals surface area (Å²) in [6, 6.07) is 13.0. The zero-order valence-electron chi connectivity index (χ0n) is 16.5. The fourth-order valence-corrected chi connectivity index (χ4v) is 3.61. The summed E-state index contributed by atoms with van der Waals surface area (Å²) in [7, 11) is 0. The van der Waals surface area contributed by atoms with Crippen LogP contribution in [0.1, 0.15) is 35.5 Å². The maximum atomic E-state index is 12.7. The van der Waals surface area contributed by atoms with Crippen molar-refractivity contribution in [2.45, 2.75) is 33.2 Å². The third kappa shape index (κ3) is 3.93. The fourth-order valence-electron chi connectivity index (χ4n) is 3.48. The Morgan fingerprint density at radius 2 is 1.90 bits per heavy atom. The number of ether oxygens (including phenoxy) is 2. The van der Waals surface area contributed by atoms with Gasteiger partial charge in [-0.05, 0) is 62.7 Å². The summed E-state index contributed by atoms with van der Waals surface area (Å²) < 4.78 is 12.6. The van der Waals surface area contributed by atoms with Crippen LogP contribution in [0.2, 0.25) is 5.02 Å². The second kappa shape index (κ2) is 7.79. The van der Waals surface area contributed by atoms with Crippen molar-refractivity contribution in [1.29, 1.82) is 0 Å². The number of rotatable bonds is 5. The normalized spacial score (nSPS) is 13.4. The maximum absolute atomic E-state index is 12.7. The molecule has 0 spiro atoms. The van der Waals surface area contributed by atoms with E-state index in [1.54, 1.807) is 0 Å². The van der Waals surface area contributed by atoms with Crippen LogP contribution in [-0.4, -0.2) is 22.5 Å². The first kappa shape index (κ1) is 19.3. The van der Waals surface area contributed by atoms with E-state index in [-0.39, 0.29) is 25.2 Å². The molecular weight excluding hydrogens is 390 g/mol. The zero-order chi connectivity index (χ0) is 20.5. The van der Waals surface area contributed by atoms with Gasteiger partial charge in [-0.3, -0.25) is 4.79 Å². The Labute approximate surface area is 174 Å². The highest BCUT2D eigenvalue weighted by Gasteiger charge is 2.19. The molecule has 0 fully saturated rings. The number of nitrogens with zero attached hydrogens (tertiary/aromatic N) is 2. The maximum Gasteiger partial charge on any atom is 0.231 e. The SMILES string of the molecule is Cc1nn(-c2ccc(Cl)cc2)c(C)c1CC(=O)NC(C)c1ccc2c(c1)OCO2. The van der Waals surface area contributed by atoms with E-state index in [0.29, 0.717) is 10.8 Å². The number of carbonyl (C=O) groups excluding carboxylic acids is 1. The molecule has 6 nitrogen and oxygen atoms in total. The minimum absolute atomic E-state index is 0.0583. The Bertz CT molecular complexity index is 1060. The van der Waals surface area contributed by atoms with Crippen LogP contribution in [0.3, 0.4) is 0 Å². The summed E-state index contributed by atoms with van der Waals surface area (Å²) in [5.74, 6) is 1.38. The summed E-state index contributed by atoms with van der Waals surface area (Å²) >= 11 is 5.98. The first-order valence-electron chi connectivity index (χ1n) is 9.42. The Morgan fingerprint density at radius 3 is 2.66 bits per heavy atom. The van der Waals surface area contributed by atoms with Gasteiger partial charge in [0.25, 0.3) is 0 Å². The Morgan fingerprint density at radius 1 is 1.17 bits per heavy atom. The van der Waals surface area contributed by atoms with Crippen molar-refractivity contribution in [3.05, 3.63) is 70.0 Å². The molecule has 3 aromatic rings. The molecule has 2 heterocycles. The molecule has 1 atom stereocenters. The first-order chi connectivity index (χ1) is 13.9. The topological polar surface area (TPSA) is 65.4 Å². The van der Waals surface area contributed by atoms with E-state index in [1.807, 2.05) is 67.9 Å². The molecule has 1 unspecified atom stereocenters. The summed E-state index contributed by atoms with van der Waals surface area (Å²) in [5, 5.41) is 8.33. The van der Waals surface area contributed by atoms with Crippen molar-refractivity contribution < 1.29 is 14.3 Å². The van der Waals surface area contributed by atoms with Crippen LogP contribution in [0.4, 0.5) is 0 Å². The number of aryl methyl sites for hydroxylation is 1. The Balaban J connectivity index is 1.47. The Hall–Kier alpha value is -2.99. The molecule has 2 aromatic carbocycles. The quantitative estimate of drug-likeness (QED) is 0.680. The molecule has 0 aliphatic carbocycles. The molecule has 29 heavy (non-hydrogen) atoms. The number of hydrogen-bond acceptors (Lipinski definition) is 4. The molecule has 1 aliphatic heterocycles. The van der Waals surface area contributed by atoms with E-state index in [4.69, 9.17) is 21.1 Å².